The molecule has 0 spiro atoms. The number of rotatable bonds is 3. The van der Waals surface area contributed by atoms with Crippen molar-refractivity contribution in [3.05, 3.63) is 50.9 Å². The molecule has 0 saturated carbocycles. The summed E-state index contributed by atoms with van der Waals surface area (Å²) in [4.78, 5) is -0.0390. The summed E-state index contributed by atoms with van der Waals surface area (Å²) in [6.07, 6.45) is 0. The maximum Gasteiger partial charge on any atom is 0.264 e. The van der Waals surface area contributed by atoms with Gasteiger partial charge in [-0.15, -0.1) is 0 Å². The summed E-state index contributed by atoms with van der Waals surface area (Å²) >= 11 is 15.0. The molecule has 106 valence electrons. The SMILES string of the molecule is Nc1ccc(Br)cc1S(=O)(=O)Nc1cc(Cl)ccc1Cl. The Morgan fingerprint density at radius 2 is 1.80 bits per heavy atom. The molecule has 0 bridgehead atoms. The highest BCUT2D eigenvalue weighted by Gasteiger charge is 2.19. The van der Waals surface area contributed by atoms with E-state index in [0.717, 1.165) is 0 Å². The van der Waals surface area contributed by atoms with Crippen LogP contribution in [0.5, 0.6) is 0 Å². The van der Waals surface area contributed by atoms with E-state index in [2.05, 4.69) is 20.7 Å². The van der Waals surface area contributed by atoms with Crippen molar-refractivity contribution >= 4 is 60.5 Å². The summed E-state index contributed by atoms with van der Waals surface area (Å²) < 4.78 is 27.6. The fraction of sp³-hybridized carbons (Fsp3) is 0. The van der Waals surface area contributed by atoms with Crippen LogP contribution in [0.1, 0.15) is 0 Å². The highest BCUT2D eigenvalue weighted by molar-refractivity contribution is 9.10. The molecule has 0 atom stereocenters. The van der Waals surface area contributed by atoms with Crippen LogP contribution in [-0.4, -0.2) is 8.42 Å². The first-order valence-corrected chi connectivity index (χ1v) is 8.36. The molecule has 0 unspecified atom stereocenters. The Bertz CT molecular complexity index is 766. The van der Waals surface area contributed by atoms with Gasteiger partial charge in [-0.3, -0.25) is 4.72 Å². The van der Waals surface area contributed by atoms with Crippen LogP contribution in [0.3, 0.4) is 0 Å². The number of sulfonamides is 1. The molecule has 2 aromatic rings. The van der Waals surface area contributed by atoms with Crippen LogP contribution in [0.2, 0.25) is 10.0 Å². The zero-order chi connectivity index (χ0) is 14.9. The van der Waals surface area contributed by atoms with Gasteiger partial charge in [-0.25, -0.2) is 8.42 Å². The zero-order valence-corrected chi connectivity index (χ0v) is 13.8. The van der Waals surface area contributed by atoms with Crippen LogP contribution in [0, 0.1) is 0 Å². The van der Waals surface area contributed by atoms with Crippen LogP contribution in [0.25, 0.3) is 0 Å². The Morgan fingerprint density at radius 1 is 1.10 bits per heavy atom. The Balaban J connectivity index is 2.46. The minimum atomic E-state index is -3.85. The summed E-state index contributed by atoms with van der Waals surface area (Å²) in [6.45, 7) is 0. The van der Waals surface area contributed by atoms with Crippen molar-refractivity contribution in [2.45, 2.75) is 4.90 Å². The monoisotopic (exact) mass is 394 g/mol. The molecule has 0 saturated heterocycles. The molecule has 0 radical (unpaired) electrons. The van der Waals surface area contributed by atoms with Crippen molar-refractivity contribution in [2.75, 3.05) is 10.5 Å². The molecule has 2 rings (SSSR count). The van der Waals surface area contributed by atoms with Crippen molar-refractivity contribution in [1.82, 2.24) is 0 Å². The molecular weight excluding hydrogens is 387 g/mol. The quantitative estimate of drug-likeness (QED) is 0.767. The number of halogens is 3. The van der Waals surface area contributed by atoms with Crippen LogP contribution in [0.15, 0.2) is 45.8 Å². The largest absolute Gasteiger partial charge is 0.398 e. The lowest BCUT2D eigenvalue weighted by Gasteiger charge is -2.12. The van der Waals surface area contributed by atoms with Crippen LogP contribution in [-0.2, 0) is 10.0 Å². The minimum absolute atomic E-state index is 0.0390. The normalized spacial score (nSPS) is 11.3. The molecule has 0 heterocycles. The molecule has 0 amide bonds. The van der Waals surface area contributed by atoms with Crippen molar-refractivity contribution in [1.29, 1.82) is 0 Å². The minimum Gasteiger partial charge on any atom is -0.398 e. The summed E-state index contributed by atoms with van der Waals surface area (Å²) in [5, 5.41) is 0.612. The first kappa shape index (κ1) is 15.4. The number of benzene rings is 2. The zero-order valence-electron chi connectivity index (χ0n) is 9.90. The predicted molar refractivity (Wildman–Crippen MR) is 85.8 cm³/mol. The molecule has 4 nitrogen and oxygen atoms in total. The molecule has 20 heavy (non-hydrogen) atoms. The van der Waals surface area contributed by atoms with Gasteiger partial charge in [0, 0.05) is 9.50 Å². The Kier molecular flexibility index (Phi) is 4.49. The third-order valence-electron chi connectivity index (χ3n) is 2.44. The molecule has 8 heteroatoms. The molecule has 0 aromatic heterocycles. The van der Waals surface area contributed by atoms with Crippen LogP contribution in [0.4, 0.5) is 11.4 Å². The lowest BCUT2D eigenvalue weighted by atomic mass is 10.3. The van der Waals surface area contributed by atoms with E-state index >= 15 is 0 Å². The lowest BCUT2D eigenvalue weighted by molar-refractivity contribution is 0.601. The van der Waals surface area contributed by atoms with Gasteiger partial charge < -0.3 is 5.73 Å². The Morgan fingerprint density at radius 3 is 2.50 bits per heavy atom. The predicted octanol–water partition coefficient (Wildman–Crippen LogP) is 4.14. The molecule has 3 N–H and O–H groups in total. The molecule has 0 aliphatic carbocycles. The van der Waals surface area contributed by atoms with Gasteiger partial charge in [0.15, 0.2) is 0 Å². The Labute approximate surface area is 135 Å². The number of hydrogen-bond donors (Lipinski definition) is 2. The fourth-order valence-corrected chi connectivity index (χ4v) is 3.65. The second-order valence-corrected chi connectivity index (χ2v) is 7.32. The third-order valence-corrected chi connectivity index (χ3v) is 4.92. The maximum atomic E-state index is 12.3. The van der Waals surface area contributed by atoms with E-state index in [1.165, 1.54) is 24.3 Å². The van der Waals surface area contributed by atoms with E-state index in [9.17, 15) is 8.42 Å². The molecule has 0 aliphatic heterocycles. The van der Waals surface area contributed by atoms with Crippen molar-refractivity contribution in [3.63, 3.8) is 0 Å². The first-order chi connectivity index (χ1) is 9.29. The third kappa shape index (κ3) is 3.38. The number of nitrogen functional groups attached to an aromatic ring is 1. The number of nitrogens with two attached hydrogens (primary N) is 1. The van der Waals surface area contributed by atoms with Gasteiger partial charge in [-0.05, 0) is 36.4 Å². The summed E-state index contributed by atoms with van der Waals surface area (Å²) in [7, 11) is -3.85. The van der Waals surface area contributed by atoms with Gasteiger partial charge in [-0.1, -0.05) is 39.1 Å². The van der Waals surface area contributed by atoms with Gasteiger partial charge in [-0.2, -0.15) is 0 Å². The van der Waals surface area contributed by atoms with E-state index in [1.807, 2.05) is 0 Å². The second kappa shape index (κ2) is 5.81. The standard InChI is InChI=1S/C12H9BrCl2N2O2S/c13-7-1-4-10(16)12(5-7)20(18,19)17-11-6-8(14)2-3-9(11)15/h1-6,17H,16H2. The van der Waals surface area contributed by atoms with Gasteiger partial charge >= 0.3 is 0 Å². The number of anilines is 2. The van der Waals surface area contributed by atoms with Gasteiger partial charge in [0.1, 0.15) is 4.90 Å². The first-order valence-electron chi connectivity index (χ1n) is 5.32. The van der Waals surface area contributed by atoms with E-state index < -0.39 is 10.0 Å². The molecule has 0 aliphatic rings. The van der Waals surface area contributed by atoms with Crippen molar-refractivity contribution < 1.29 is 8.42 Å². The maximum absolute atomic E-state index is 12.3. The smallest absolute Gasteiger partial charge is 0.264 e. The molecule has 0 fully saturated rings. The highest BCUT2D eigenvalue weighted by Crippen LogP contribution is 2.30. The number of nitrogens with one attached hydrogen (secondary N) is 1. The fourth-order valence-electron chi connectivity index (χ4n) is 1.52. The van der Waals surface area contributed by atoms with Crippen molar-refractivity contribution in [2.24, 2.45) is 0 Å². The van der Waals surface area contributed by atoms with Crippen LogP contribution < -0.4 is 10.5 Å². The highest BCUT2D eigenvalue weighted by atomic mass is 79.9. The van der Waals surface area contributed by atoms with Gasteiger partial charge in [0.2, 0.25) is 0 Å². The summed E-state index contributed by atoms with van der Waals surface area (Å²) in [5.41, 5.74) is 6.03. The van der Waals surface area contributed by atoms with E-state index in [1.54, 1.807) is 12.1 Å². The molecule has 2 aromatic carbocycles. The van der Waals surface area contributed by atoms with Crippen molar-refractivity contribution in [3.8, 4) is 0 Å². The lowest BCUT2D eigenvalue weighted by Crippen LogP contribution is -2.15. The molecular formula is C12H9BrCl2N2O2S. The number of hydrogen-bond acceptors (Lipinski definition) is 3. The second-order valence-electron chi connectivity index (χ2n) is 3.91. The van der Waals surface area contributed by atoms with E-state index in [4.69, 9.17) is 28.9 Å². The average molecular weight is 396 g/mol. The topological polar surface area (TPSA) is 72.2 Å². The van der Waals surface area contributed by atoms with Crippen LogP contribution >= 0.6 is 39.1 Å². The Hall–Kier alpha value is -0.950. The average Bonchev–Trinajstić information content (AvgIpc) is 2.36. The summed E-state index contributed by atoms with van der Waals surface area (Å²) in [5.74, 6) is 0. The van der Waals surface area contributed by atoms with E-state index in [0.29, 0.717) is 9.50 Å². The van der Waals surface area contributed by atoms with Gasteiger partial charge in [0.05, 0.1) is 16.4 Å². The summed E-state index contributed by atoms with van der Waals surface area (Å²) in [6, 6.07) is 9.06. The van der Waals surface area contributed by atoms with Gasteiger partial charge in [0.25, 0.3) is 10.0 Å². The van der Waals surface area contributed by atoms with E-state index in [-0.39, 0.29) is 21.3 Å².